The molecule has 1 aromatic carbocycles. The predicted molar refractivity (Wildman–Crippen MR) is 70.1 cm³/mol. The molecular weight excluding hydrogens is 230 g/mol. The topological polar surface area (TPSA) is 73.2 Å². The van der Waals surface area contributed by atoms with Crippen molar-refractivity contribution in [1.29, 1.82) is 0 Å². The second-order valence-corrected chi connectivity index (χ2v) is 4.00. The average Bonchev–Trinajstić information content (AvgIpc) is 2.82. The Kier molecular flexibility index (Phi) is 3.96. The van der Waals surface area contributed by atoms with Crippen LogP contribution in [0.15, 0.2) is 30.5 Å². The number of aromatic amines is 1. The lowest BCUT2D eigenvalue weighted by atomic mass is 10.0. The second-order valence-electron chi connectivity index (χ2n) is 4.00. The van der Waals surface area contributed by atoms with Gasteiger partial charge in [-0.25, -0.2) is 0 Å². The molecule has 1 heterocycles. The molecular formula is C13H17N3O2. The molecule has 0 fully saturated rings. The van der Waals surface area contributed by atoms with Gasteiger partial charge in [-0.3, -0.25) is 5.10 Å². The first kappa shape index (κ1) is 12.6. The van der Waals surface area contributed by atoms with Crippen LogP contribution in [-0.2, 0) is 9.47 Å². The van der Waals surface area contributed by atoms with E-state index in [2.05, 4.69) is 10.2 Å². The molecule has 1 atom stereocenters. The van der Waals surface area contributed by atoms with Gasteiger partial charge in [0.15, 0.2) is 0 Å². The molecule has 5 nitrogen and oxygen atoms in total. The number of anilines is 1. The Labute approximate surface area is 106 Å². The van der Waals surface area contributed by atoms with Gasteiger partial charge in [-0.1, -0.05) is 18.2 Å². The lowest BCUT2D eigenvalue weighted by Gasteiger charge is -2.15. The van der Waals surface area contributed by atoms with Gasteiger partial charge in [0.05, 0.1) is 12.8 Å². The Bertz CT molecular complexity index is 510. The van der Waals surface area contributed by atoms with Crippen LogP contribution >= 0.6 is 0 Å². The number of rotatable bonds is 5. The zero-order chi connectivity index (χ0) is 13.0. The monoisotopic (exact) mass is 247 g/mol. The highest BCUT2D eigenvalue weighted by Crippen LogP contribution is 2.27. The average molecular weight is 247 g/mol. The van der Waals surface area contributed by atoms with E-state index in [1.54, 1.807) is 20.4 Å². The number of hydrogen-bond donors (Lipinski definition) is 2. The molecule has 0 saturated heterocycles. The van der Waals surface area contributed by atoms with E-state index in [1.165, 1.54) is 0 Å². The standard InChI is InChI=1S/C13H17N3O2/c1-17-8-12(18-2)10-5-3-4-9(6-10)11-7-15-16-13(11)14/h3-7,12H,8H2,1-2H3,(H3,14,15,16). The third-order valence-electron chi connectivity index (χ3n) is 2.84. The Hall–Kier alpha value is -1.85. The second kappa shape index (κ2) is 5.66. The van der Waals surface area contributed by atoms with Gasteiger partial charge >= 0.3 is 0 Å². The predicted octanol–water partition coefficient (Wildman–Crippen LogP) is 1.99. The van der Waals surface area contributed by atoms with Crippen LogP contribution in [0.4, 0.5) is 5.82 Å². The van der Waals surface area contributed by atoms with Crippen molar-refractivity contribution < 1.29 is 9.47 Å². The van der Waals surface area contributed by atoms with Crippen molar-refractivity contribution >= 4 is 5.82 Å². The van der Waals surface area contributed by atoms with Crippen molar-refractivity contribution in [2.24, 2.45) is 0 Å². The first-order chi connectivity index (χ1) is 8.76. The van der Waals surface area contributed by atoms with Gasteiger partial charge in [0.1, 0.15) is 11.9 Å². The van der Waals surface area contributed by atoms with E-state index in [-0.39, 0.29) is 6.10 Å². The molecule has 0 aliphatic rings. The molecule has 1 unspecified atom stereocenters. The normalized spacial score (nSPS) is 12.6. The molecule has 3 N–H and O–H groups in total. The van der Waals surface area contributed by atoms with Crippen LogP contribution in [0.25, 0.3) is 11.1 Å². The Balaban J connectivity index is 2.33. The molecule has 96 valence electrons. The molecule has 5 heteroatoms. The zero-order valence-electron chi connectivity index (χ0n) is 10.5. The summed E-state index contributed by atoms with van der Waals surface area (Å²) in [7, 11) is 3.33. The molecule has 0 saturated carbocycles. The molecule has 18 heavy (non-hydrogen) atoms. The van der Waals surface area contributed by atoms with E-state index in [4.69, 9.17) is 15.2 Å². The van der Waals surface area contributed by atoms with Gasteiger partial charge in [0, 0.05) is 19.8 Å². The molecule has 0 spiro atoms. The molecule has 0 aliphatic carbocycles. The number of hydrogen-bond acceptors (Lipinski definition) is 4. The molecule has 0 radical (unpaired) electrons. The summed E-state index contributed by atoms with van der Waals surface area (Å²) in [6, 6.07) is 8.00. The lowest BCUT2D eigenvalue weighted by molar-refractivity contribution is 0.0275. The third kappa shape index (κ3) is 2.52. The number of methoxy groups -OCH3 is 2. The minimum absolute atomic E-state index is 0.0805. The van der Waals surface area contributed by atoms with E-state index in [0.717, 1.165) is 16.7 Å². The molecule has 2 aromatic rings. The van der Waals surface area contributed by atoms with Crippen molar-refractivity contribution in [2.75, 3.05) is 26.6 Å². The maximum absolute atomic E-state index is 5.82. The third-order valence-corrected chi connectivity index (χ3v) is 2.84. The Morgan fingerprint density at radius 1 is 1.39 bits per heavy atom. The van der Waals surface area contributed by atoms with Crippen molar-refractivity contribution in [2.45, 2.75) is 6.10 Å². The SMILES string of the molecule is COCC(OC)c1cccc(-c2cn[nH]c2N)c1. The Morgan fingerprint density at radius 2 is 2.22 bits per heavy atom. The van der Waals surface area contributed by atoms with Crippen LogP contribution in [0.5, 0.6) is 0 Å². The van der Waals surface area contributed by atoms with Gasteiger partial charge in [-0.15, -0.1) is 0 Å². The van der Waals surface area contributed by atoms with E-state index in [0.29, 0.717) is 12.4 Å². The molecule has 1 aromatic heterocycles. The number of nitrogen functional groups attached to an aromatic ring is 1. The number of benzene rings is 1. The fourth-order valence-electron chi connectivity index (χ4n) is 1.88. The van der Waals surface area contributed by atoms with E-state index in [9.17, 15) is 0 Å². The largest absolute Gasteiger partial charge is 0.384 e. The molecule has 0 aliphatic heterocycles. The van der Waals surface area contributed by atoms with Gasteiger partial charge < -0.3 is 15.2 Å². The maximum Gasteiger partial charge on any atom is 0.126 e. The minimum atomic E-state index is -0.0805. The summed E-state index contributed by atoms with van der Waals surface area (Å²) in [4.78, 5) is 0. The smallest absolute Gasteiger partial charge is 0.126 e. The summed E-state index contributed by atoms with van der Waals surface area (Å²) in [5.74, 6) is 0.563. The van der Waals surface area contributed by atoms with Gasteiger partial charge in [0.2, 0.25) is 0 Å². The summed E-state index contributed by atoms with van der Waals surface area (Å²) in [6.45, 7) is 0.515. The van der Waals surface area contributed by atoms with Crippen LogP contribution in [0.2, 0.25) is 0 Å². The number of nitrogens with two attached hydrogens (primary N) is 1. The van der Waals surface area contributed by atoms with E-state index < -0.39 is 0 Å². The maximum atomic E-state index is 5.82. The highest BCUT2D eigenvalue weighted by atomic mass is 16.5. The van der Waals surface area contributed by atoms with Crippen molar-refractivity contribution in [1.82, 2.24) is 10.2 Å². The highest BCUT2D eigenvalue weighted by Gasteiger charge is 2.12. The van der Waals surface area contributed by atoms with Crippen LogP contribution in [0.1, 0.15) is 11.7 Å². The Morgan fingerprint density at radius 3 is 2.83 bits per heavy atom. The molecule has 0 amide bonds. The summed E-state index contributed by atoms with van der Waals surface area (Å²) in [5, 5.41) is 6.65. The van der Waals surface area contributed by atoms with Crippen LogP contribution in [0.3, 0.4) is 0 Å². The van der Waals surface area contributed by atoms with Gasteiger partial charge in [-0.05, 0) is 17.2 Å². The summed E-state index contributed by atoms with van der Waals surface area (Å²) < 4.78 is 10.5. The van der Waals surface area contributed by atoms with Gasteiger partial charge in [-0.2, -0.15) is 5.10 Å². The van der Waals surface area contributed by atoms with Gasteiger partial charge in [0.25, 0.3) is 0 Å². The fraction of sp³-hybridized carbons (Fsp3) is 0.308. The quantitative estimate of drug-likeness (QED) is 0.847. The summed E-state index contributed by atoms with van der Waals surface area (Å²) >= 11 is 0. The van der Waals surface area contributed by atoms with Crippen molar-refractivity contribution in [3.05, 3.63) is 36.0 Å². The summed E-state index contributed by atoms with van der Waals surface area (Å²) in [6.07, 6.45) is 1.63. The van der Waals surface area contributed by atoms with Crippen LogP contribution < -0.4 is 5.73 Å². The number of nitrogens with zero attached hydrogens (tertiary/aromatic N) is 1. The first-order valence-electron chi connectivity index (χ1n) is 5.67. The lowest BCUT2D eigenvalue weighted by Crippen LogP contribution is -2.08. The molecule has 2 rings (SSSR count). The number of nitrogens with one attached hydrogen (secondary N) is 1. The summed E-state index contributed by atoms with van der Waals surface area (Å²) in [5.41, 5.74) is 8.77. The first-order valence-corrected chi connectivity index (χ1v) is 5.67. The zero-order valence-corrected chi connectivity index (χ0v) is 10.5. The number of H-pyrrole nitrogens is 1. The number of aromatic nitrogens is 2. The van der Waals surface area contributed by atoms with E-state index >= 15 is 0 Å². The van der Waals surface area contributed by atoms with Crippen molar-refractivity contribution in [3.8, 4) is 11.1 Å². The number of ether oxygens (including phenoxy) is 2. The van der Waals surface area contributed by atoms with E-state index in [1.807, 2.05) is 24.3 Å². The van der Waals surface area contributed by atoms with Crippen LogP contribution in [0, 0.1) is 0 Å². The highest BCUT2D eigenvalue weighted by molar-refractivity contribution is 5.73. The van der Waals surface area contributed by atoms with Crippen molar-refractivity contribution in [3.63, 3.8) is 0 Å². The van der Waals surface area contributed by atoms with Crippen LogP contribution in [-0.4, -0.2) is 31.0 Å². The minimum Gasteiger partial charge on any atom is -0.384 e. The fourth-order valence-corrected chi connectivity index (χ4v) is 1.88. The molecule has 0 bridgehead atoms.